The molecule has 4 nitrogen and oxygen atoms in total. The van der Waals surface area contributed by atoms with Crippen LogP contribution in [0.15, 0.2) is 24.3 Å². The molecule has 3 heterocycles. The number of fused-ring (bicyclic) bond motifs is 5. The van der Waals surface area contributed by atoms with Gasteiger partial charge in [0.15, 0.2) is 0 Å². The van der Waals surface area contributed by atoms with E-state index in [0.717, 1.165) is 19.6 Å². The van der Waals surface area contributed by atoms with Crippen LogP contribution >= 0.6 is 0 Å². The first-order valence-electron chi connectivity index (χ1n) is 6.62. The molecule has 0 bridgehead atoms. The maximum absolute atomic E-state index is 11.9. The molecule has 0 saturated carbocycles. The third-order valence-corrected chi connectivity index (χ3v) is 4.50. The smallest absolute Gasteiger partial charge is 0.238 e. The van der Waals surface area contributed by atoms with Gasteiger partial charge >= 0.3 is 0 Å². The number of nitrogens with zero attached hydrogens (tertiary/aromatic N) is 3. The highest BCUT2D eigenvalue weighted by Crippen LogP contribution is 2.46. The van der Waals surface area contributed by atoms with E-state index in [4.69, 9.17) is 0 Å². The lowest BCUT2D eigenvalue weighted by Gasteiger charge is -2.37. The maximum Gasteiger partial charge on any atom is 0.238 e. The van der Waals surface area contributed by atoms with Crippen molar-refractivity contribution in [3.05, 3.63) is 29.8 Å². The Hall–Kier alpha value is -1.55. The second-order valence-electron chi connectivity index (χ2n) is 5.53. The third kappa shape index (κ3) is 1.21. The van der Waals surface area contributed by atoms with Crippen LogP contribution in [-0.4, -0.2) is 42.6 Å². The molecular weight excluding hydrogens is 226 g/mol. The minimum atomic E-state index is 0.296. The van der Waals surface area contributed by atoms with Crippen molar-refractivity contribution < 1.29 is 4.79 Å². The summed E-state index contributed by atoms with van der Waals surface area (Å²) < 4.78 is 0. The van der Waals surface area contributed by atoms with Gasteiger partial charge < -0.3 is 4.90 Å². The van der Waals surface area contributed by atoms with E-state index in [9.17, 15) is 4.79 Å². The molecule has 4 rings (SSSR count). The number of anilines is 1. The van der Waals surface area contributed by atoms with Crippen LogP contribution in [0.3, 0.4) is 0 Å². The molecule has 94 valence electrons. The normalized spacial score (nSPS) is 30.4. The molecule has 1 amide bonds. The van der Waals surface area contributed by atoms with Gasteiger partial charge in [-0.3, -0.25) is 9.80 Å². The maximum atomic E-state index is 11.9. The summed E-state index contributed by atoms with van der Waals surface area (Å²) in [6.45, 7) is 2.82. The second kappa shape index (κ2) is 3.48. The van der Waals surface area contributed by atoms with Crippen LogP contribution in [-0.2, 0) is 4.79 Å². The first-order chi connectivity index (χ1) is 8.75. The summed E-state index contributed by atoms with van der Waals surface area (Å²) in [7, 11) is 2.15. The Morgan fingerprint density at radius 2 is 2.06 bits per heavy atom. The van der Waals surface area contributed by atoms with Crippen molar-refractivity contribution in [2.45, 2.75) is 12.5 Å². The highest BCUT2D eigenvalue weighted by atomic mass is 16.2. The van der Waals surface area contributed by atoms with Gasteiger partial charge in [-0.1, -0.05) is 18.2 Å². The Balaban J connectivity index is 1.81. The Kier molecular flexibility index (Phi) is 2.01. The number of para-hydroxylation sites is 1. The number of hydrogen-bond donors (Lipinski definition) is 0. The quantitative estimate of drug-likeness (QED) is 0.686. The number of rotatable bonds is 0. The SMILES string of the molecule is CN1C[C@H]2CN3C(=O)CCN3[C@@H]2c2ccccc21. The van der Waals surface area contributed by atoms with Crippen molar-refractivity contribution >= 4 is 11.6 Å². The zero-order valence-electron chi connectivity index (χ0n) is 10.5. The Labute approximate surface area is 107 Å². The number of hydrogen-bond acceptors (Lipinski definition) is 3. The number of carbonyl (C=O) groups is 1. The van der Waals surface area contributed by atoms with E-state index in [1.165, 1.54) is 11.3 Å². The lowest BCUT2D eigenvalue weighted by Crippen LogP contribution is -2.37. The first-order valence-corrected chi connectivity index (χ1v) is 6.62. The predicted molar refractivity (Wildman–Crippen MR) is 69.0 cm³/mol. The van der Waals surface area contributed by atoms with Gasteiger partial charge in [-0.05, 0) is 11.6 Å². The van der Waals surface area contributed by atoms with Gasteiger partial charge in [0.05, 0.1) is 6.04 Å². The van der Waals surface area contributed by atoms with Crippen LogP contribution in [0.25, 0.3) is 0 Å². The monoisotopic (exact) mass is 243 g/mol. The molecule has 2 fully saturated rings. The van der Waals surface area contributed by atoms with E-state index < -0.39 is 0 Å². The number of benzene rings is 1. The van der Waals surface area contributed by atoms with Gasteiger partial charge in [-0.25, -0.2) is 5.01 Å². The molecule has 18 heavy (non-hydrogen) atoms. The average Bonchev–Trinajstić information content (AvgIpc) is 2.90. The van der Waals surface area contributed by atoms with Crippen molar-refractivity contribution in [3.63, 3.8) is 0 Å². The molecule has 2 saturated heterocycles. The van der Waals surface area contributed by atoms with E-state index >= 15 is 0 Å². The summed E-state index contributed by atoms with van der Waals surface area (Å²) in [6.07, 6.45) is 0.682. The summed E-state index contributed by atoms with van der Waals surface area (Å²) in [4.78, 5) is 14.2. The summed E-state index contributed by atoms with van der Waals surface area (Å²) in [5, 5.41) is 4.27. The van der Waals surface area contributed by atoms with E-state index in [1.807, 2.05) is 5.01 Å². The van der Waals surface area contributed by atoms with Gasteiger partial charge in [0.2, 0.25) is 5.91 Å². The summed E-state index contributed by atoms with van der Waals surface area (Å²) >= 11 is 0. The molecule has 2 atom stereocenters. The first kappa shape index (κ1) is 10.4. The van der Waals surface area contributed by atoms with E-state index in [2.05, 4.69) is 41.2 Å². The lowest BCUT2D eigenvalue weighted by molar-refractivity contribution is -0.135. The molecule has 3 aliphatic rings. The van der Waals surface area contributed by atoms with Crippen LogP contribution in [0.5, 0.6) is 0 Å². The van der Waals surface area contributed by atoms with E-state index in [1.54, 1.807) is 0 Å². The van der Waals surface area contributed by atoms with Gasteiger partial charge in [0.1, 0.15) is 0 Å². The van der Waals surface area contributed by atoms with Crippen molar-refractivity contribution in [3.8, 4) is 0 Å². The molecule has 3 aliphatic heterocycles. The Bertz CT molecular complexity index is 516. The van der Waals surface area contributed by atoms with Crippen LogP contribution in [0.1, 0.15) is 18.0 Å². The van der Waals surface area contributed by atoms with Gasteiger partial charge in [0, 0.05) is 44.7 Å². The van der Waals surface area contributed by atoms with E-state index in [-0.39, 0.29) is 0 Å². The molecule has 0 spiro atoms. The van der Waals surface area contributed by atoms with Gasteiger partial charge in [0.25, 0.3) is 0 Å². The molecule has 0 aromatic heterocycles. The van der Waals surface area contributed by atoms with Crippen molar-refractivity contribution in [2.24, 2.45) is 5.92 Å². The van der Waals surface area contributed by atoms with E-state index in [0.29, 0.717) is 24.3 Å². The van der Waals surface area contributed by atoms with Crippen LogP contribution in [0.2, 0.25) is 0 Å². The molecule has 4 heteroatoms. The second-order valence-corrected chi connectivity index (χ2v) is 5.53. The molecular formula is C14H17N3O. The largest absolute Gasteiger partial charge is 0.374 e. The molecule has 1 aromatic carbocycles. The Morgan fingerprint density at radius 1 is 1.22 bits per heavy atom. The number of carbonyl (C=O) groups excluding carboxylic acids is 1. The highest BCUT2D eigenvalue weighted by Gasteiger charge is 2.48. The van der Waals surface area contributed by atoms with Crippen LogP contribution in [0.4, 0.5) is 5.69 Å². The molecule has 1 aromatic rings. The number of amides is 1. The minimum absolute atomic E-state index is 0.296. The van der Waals surface area contributed by atoms with Crippen LogP contribution < -0.4 is 4.90 Å². The lowest BCUT2D eigenvalue weighted by atomic mass is 9.88. The highest BCUT2D eigenvalue weighted by molar-refractivity contribution is 5.78. The summed E-state index contributed by atoms with van der Waals surface area (Å²) in [5.74, 6) is 0.846. The standard InChI is InChI=1S/C14H17N3O/c1-15-8-10-9-17-13(18)6-7-16(17)14(10)11-4-2-3-5-12(11)15/h2-5,10,14H,6-9H2,1H3/t10-,14-/m0/s1. The van der Waals surface area contributed by atoms with Crippen LogP contribution in [0, 0.1) is 5.92 Å². The van der Waals surface area contributed by atoms with Gasteiger partial charge in [-0.15, -0.1) is 0 Å². The van der Waals surface area contributed by atoms with Crippen molar-refractivity contribution in [1.82, 2.24) is 10.0 Å². The topological polar surface area (TPSA) is 26.8 Å². The summed E-state index contributed by atoms with van der Waals surface area (Å²) in [6, 6.07) is 9.01. The zero-order chi connectivity index (χ0) is 12.3. The van der Waals surface area contributed by atoms with Gasteiger partial charge in [-0.2, -0.15) is 0 Å². The fraction of sp³-hybridized carbons (Fsp3) is 0.500. The Morgan fingerprint density at radius 3 is 2.94 bits per heavy atom. The fourth-order valence-electron chi connectivity index (χ4n) is 3.77. The molecule has 0 radical (unpaired) electrons. The minimum Gasteiger partial charge on any atom is -0.374 e. The van der Waals surface area contributed by atoms with Crippen molar-refractivity contribution in [1.29, 1.82) is 0 Å². The molecule has 0 unspecified atom stereocenters. The predicted octanol–water partition coefficient (Wildman–Crippen LogP) is 1.26. The third-order valence-electron chi connectivity index (χ3n) is 4.50. The number of hydrazine groups is 1. The zero-order valence-corrected chi connectivity index (χ0v) is 10.5. The summed E-state index contributed by atoms with van der Waals surface area (Å²) in [5.41, 5.74) is 2.70. The van der Waals surface area contributed by atoms with Crippen molar-refractivity contribution in [2.75, 3.05) is 31.6 Å². The molecule has 0 N–H and O–H groups in total. The molecule has 0 aliphatic carbocycles. The average molecular weight is 243 g/mol. The fourth-order valence-corrected chi connectivity index (χ4v) is 3.77.